The van der Waals surface area contributed by atoms with Gasteiger partial charge in [0.05, 0.1) is 16.9 Å². The lowest BCUT2D eigenvalue weighted by atomic mass is 10.0. The van der Waals surface area contributed by atoms with Gasteiger partial charge < -0.3 is 15.2 Å². The van der Waals surface area contributed by atoms with Gasteiger partial charge in [0.2, 0.25) is 0 Å². The van der Waals surface area contributed by atoms with Crippen LogP contribution in [0.15, 0.2) is 30.3 Å². The summed E-state index contributed by atoms with van der Waals surface area (Å²) in [6, 6.07) is 8.87. The number of aromatic carboxylic acids is 1. The topological polar surface area (TPSA) is 58.6 Å². The van der Waals surface area contributed by atoms with Crippen LogP contribution in [0.1, 0.15) is 21.5 Å². The number of carboxylic acid groups (broad SMARTS) is 1. The predicted molar refractivity (Wildman–Crippen MR) is 72.7 cm³/mol. The number of hydrogen-bond acceptors (Lipinski definition) is 3. The largest absolute Gasteiger partial charge is 0.478 e. The Bertz CT molecular complexity index is 692. The first-order valence-electron chi connectivity index (χ1n) is 5.99. The van der Waals surface area contributed by atoms with E-state index in [-0.39, 0.29) is 5.56 Å². The fourth-order valence-corrected chi connectivity index (χ4v) is 2.20. The number of benzene rings is 2. The Morgan fingerprint density at radius 3 is 2.58 bits per heavy atom. The average molecular weight is 255 g/mol. The molecule has 96 valence electrons. The molecule has 2 aromatic carbocycles. The summed E-state index contributed by atoms with van der Waals surface area (Å²) >= 11 is 0. The lowest BCUT2D eigenvalue weighted by Gasteiger charge is -2.25. The number of fused-ring (bicyclic) bond motifs is 2. The van der Waals surface area contributed by atoms with Crippen molar-refractivity contribution in [2.75, 3.05) is 5.32 Å². The van der Waals surface area contributed by atoms with Gasteiger partial charge in [-0.1, -0.05) is 12.1 Å². The quantitative estimate of drug-likeness (QED) is 0.693. The van der Waals surface area contributed by atoms with Gasteiger partial charge in [-0.2, -0.15) is 0 Å². The van der Waals surface area contributed by atoms with Crippen LogP contribution in [0.5, 0.6) is 11.5 Å². The van der Waals surface area contributed by atoms with Crippen molar-refractivity contribution in [2.45, 2.75) is 13.8 Å². The van der Waals surface area contributed by atoms with Crippen LogP contribution in [-0.4, -0.2) is 11.1 Å². The van der Waals surface area contributed by atoms with E-state index in [2.05, 4.69) is 5.32 Å². The van der Waals surface area contributed by atoms with Crippen LogP contribution in [-0.2, 0) is 0 Å². The van der Waals surface area contributed by atoms with E-state index in [0.717, 1.165) is 22.6 Å². The number of carboxylic acids is 1. The number of rotatable bonds is 1. The van der Waals surface area contributed by atoms with Crippen molar-refractivity contribution in [2.24, 2.45) is 0 Å². The SMILES string of the molecule is Cc1ccc2c(c1C)Nc1c(cccc1C(=O)O)O2. The Labute approximate surface area is 110 Å². The molecule has 2 N–H and O–H groups in total. The molecule has 4 heteroatoms. The van der Waals surface area contributed by atoms with E-state index in [0.29, 0.717) is 11.4 Å². The Morgan fingerprint density at radius 1 is 1.11 bits per heavy atom. The third-order valence-corrected chi connectivity index (χ3v) is 3.42. The van der Waals surface area contributed by atoms with Crippen molar-refractivity contribution in [3.05, 3.63) is 47.0 Å². The molecule has 0 atom stereocenters. The van der Waals surface area contributed by atoms with E-state index >= 15 is 0 Å². The highest BCUT2D eigenvalue weighted by atomic mass is 16.5. The maximum absolute atomic E-state index is 11.2. The van der Waals surface area contributed by atoms with Crippen LogP contribution < -0.4 is 10.1 Å². The van der Waals surface area contributed by atoms with Crippen molar-refractivity contribution in [3.63, 3.8) is 0 Å². The number of hydrogen-bond donors (Lipinski definition) is 2. The third kappa shape index (κ3) is 1.73. The number of carbonyl (C=O) groups is 1. The number of para-hydroxylation sites is 1. The zero-order chi connectivity index (χ0) is 13.6. The van der Waals surface area contributed by atoms with Crippen LogP contribution in [0.3, 0.4) is 0 Å². The molecule has 0 fully saturated rings. The maximum atomic E-state index is 11.2. The molecule has 0 aromatic heterocycles. The van der Waals surface area contributed by atoms with E-state index in [1.165, 1.54) is 0 Å². The summed E-state index contributed by atoms with van der Waals surface area (Å²) in [5.74, 6) is 0.287. The monoisotopic (exact) mass is 255 g/mol. The molecule has 1 aliphatic rings. The van der Waals surface area contributed by atoms with Crippen molar-refractivity contribution < 1.29 is 14.6 Å². The van der Waals surface area contributed by atoms with E-state index in [9.17, 15) is 9.90 Å². The highest BCUT2D eigenvalue weighted by Crippen LogP contribution is 2.45. The molecule has 3 rings (SSSR count). The van der Waals surface area contributed by atoms with Gasteiger partial charge in [-0.05, 0) is 43.2 Å². The molecule has 4 nitrogen and oxygen atoms in total. The second-order valence-corrected chi connectivity index (χ2v) is 4.59. The molecule has 0 unspecified atom stereocenters. The molecule has 0 saturated heterocycles. The highest BCUT2D eigenvalue weighted by molar-refractivity contribution is 5.98. The first-order chi connectivity index (χ1) is 9.08. The van der Waals surface area contributed by atoms with Crippen LogP contribution >= 0.6 is 0 Å². The van der Waals surface area contributed by atoms with Gasteiger partial charge in [0, 0.05) is 0 Å². The summed E-state index contributed by atoms with van der Waals surface area (Å²) in [7, 11) is 0. The van der Waals surface area contributed by atoms with Crippen LogP contribution in [0.25, 0.3) is 0 Å². The zero-order valence-electron chi connectivity index (χ0n) is 10.7. The zero-order valence-corrected chi connectivity index (χ0v) is 10.7. The number of anilines is 2. The summed E-state index contributed by atoms with van der Waals surface area (Å²) in [5.41, 5.74) is 3.75. The molecule has 0 radical (unpaired) electrons. The minimum Gasteiger partial charge on any atom is -0.478 e. The molecule has 0 aliphatic carbocycles. The summed E-state index contributed by atoms with van der Waals surface area (Å²) in [5, 5.41) is 12.4. The first-order valence-corrected chi connectivity index (χ1v) is 5.99. The van der Waals surface area contributed by atoms with Crippen LogP contribution in [0.2, 0.25) is 0 Å². The number of nitrogens with one attached hydrogen (secondary N) is 1. The minimum atomic E-state index is -0.971. The Morgan fingerprint density at radius 2 is 1.84 bits per heavy atom. The normalized spacial score (nSPS) is 11.9. The standard InChI is InChI=1S/C15H13NO3/c1-8-6-7-12-13(9(8)2)16-14-10(15(17)18)4-3-5-11(14)19-12/h3-7,16H,1-2H3,(H,17,18). The molecule has 0 saturated carbocycles. The molecule has 19 heavy (non-hydrogen) atoms. The lowest BCUT2D eigenvalue weighted by Crippen LogP contribution is -2.10. The molecular weight excluding hydrogens is 242 g/mol. The van der Waals surface area contributed by atoms with Crippen LogP contribution in [0.4, 0.5) is 11.4 Å². The first kappa shape index (κ1) is 11.6. The second kappa shape index (κ2) is 4.02. The summed E-state index contributed by atoms with van der Waals surface area (Å²) in [6.45, 7) is 3.99. The van der Waals surface area contributed by atoms with Crippen molar-refractivity contribution in [3.8, 4) is 11.5 Å². The maximum Gasteiger partial charge on any atom is 0.337 e. The van der Waals surface area contributed by atoms with Gasteiger partial charge in [-0.3, -0.25) is 0 Å². The Kier molecular flexibility index (Phi) is 2.45. The van der Waals surface area contributed by atoms with Crippen molar-refractivity contribution >= 4 is 17.3 Å². The van der Waals surface area contributed by atoms with Gasteiger partial charge in [0.1, 0.15) is 0 Å². The lowest BCUT2D eigenvalue weighted by molar-refractivity contribution is 0.0697. The third-order valence-electron chi connectivity index (χ3n) is 3.42. The molecule has 0 spiro atoms. The van der Waals surface area contributed by atoms with E-state index in [1.807, 2.05) is 26.0 Å². The smallest absolute Gasteiger partial charge is 0.337 e. The average Bonchev–Trinajstić information content (AvgIpc) is 2.40. The van der Waals surface area contributed by atoms with E-state index in [4.69, 9.17) is 4.74 Å². The molecular formula is C15H13NO3. The molecule has 0 bridgehead atoms. The number of ether oxygens (including phenoxy) is 1. The fourth-order valence-electron chi connectivity index (χ4n) is 2.20. The van der Waals surface area contributed by atoms with Gasteiger partial charge in [-0.15, -0.1) is 0 Å². The Hall–Kier alpha value is -2.49. The number of aryl methyl sites for hydroxylation is 1. The van der Waals surface area contributed by atoms with Crippen LogP contribution in [0, 0.1) is 13.8 Å². The van der Waals surface area contributed by atoms with E-state index < -0.39 is 5.97 Å². The summed E-state index contributed by atoms with van der Waals surface area (Å²) in [4.78, 5) is 11.2. The molecule has 0 amide bonds. The van der Waals surface area contributed by atoms with Gasteiger partial charge >= 0.3 is 5.97 Å². The Balaban J connectivity index is 2.18. The van der Waals surface area contributed by atoms with E-state index in [1.54, 1.807) is 18.2 Å². The predicted octanol–water partition coefficient (Wildman–Crippen LogP) is 3.85. The molecule has 2 aromatic rings. The fraction of sp³-hybridized carbons (Fsp3) is 0.133. The second-order valence-electron chi connectivity index (χ2n) is 4.59. The van der Waals surface area contributed by atoms with Gasteiger partial charge in [0.15, 0.2) is 11.5 Å². The van der Waals surface area contributed by atoms with Crippen molar-refractivity contribution in [1.82, 2.24) is 0 Å². The highest BCUT2D eigenvalue weighted by Gasteiger charge is 2.23. The van der Waals surface area contributed by atoms with Gasteiger partial charge in [0.25, 0.3) is 0 Å². The minimum absolute atomic E-state index is 0.212. The summed E-state index contributed by atoms with van der Waals surface area (Å²) in [6.07, 6.45) is 0. The molecule has 1 aliphatic heterocycles. The molecule has 1 heterocycles. The van der Waals surface area contributed by atoms with Gasteiger partial charge in [-0.25, -0.2) is 4.79 Å². The summed E-state index contributed by atoms with van der Waals surface area (Å²) < 4.78 is 5.78. The van der Waals surface area contributed by atoms with Crippen molar-refractivity contribution in [1.29, 1.82) is 0 Å².